The third-order valence-electron chi connectivity index (χ3n) is 2.32. The molecule has 0 heterocycles. The first-order valence-electron chi connectivity index (χ1n) is 4.93. The molecule has 0 unspecified atom stereocenters. The van der Waals surface area contributed by atoms with Crippen LogP contribution in [0.15, 0.2) is 46.9 Å². The number of ketones is 1. The molecule has 17 heavy (non-hydrogen) atoms. The Balaban J connectivity index is 2.47. The number of hydrogen-bond donors (Lipinski definition) is 1. The molecule has 0 saturated carbocycles. The van der Waals surface area contributed by atoms with E-state index >= 15 is 0 Å². The van der Waals surface area contributed by atoms with Gasteiger partial charge in [0.2, 0.25) is 0 Å². The maximum atomic E-state index is 12.2. The highest BCUT2D eigenvalue weighted by molar-refractivity contribution is 9.10. The zero-order valence-electron chi connectivity index (χ0n) is 8.78. The second-order valence-corrected chi connectivity index (χ2v) is 4.87. The van der Waals surface area contributed by atoms with Gasteiger partial charge in [-0.3, -0.25) is 4.79 Å². The van der Waals surface area contributed by atoms with E-state index in [0.717, 1.165) is 4.47 Å². The minimum atomic E-state index is -0.105. The van der Waals surface area contributed by atoms with Crippen LogP contribution in [0, 0.1) is 0 Å². The van der Waals surface area contributed by atoms with Crippen LogP contribution in [0.5, 0.6) is 0 Å². The summed E-state index contributed by atoms with van der Waals surface area (Å²) in [5.74, 6) is -0.105. The first kappa shape index (κ1) is 12.1. The fourth-order valence-electron chi connectivity index (χ4n) is 1.50. The van der Waals surface area contributed by atoms with Crippen molar-refractivity contribution in [3.63, 3.8) is 0 Å². The summed E-state index contributed by atoms with van der Waals surface area (Å²) < 4.78 is 0.719. The fourth-order valence-corrected chi connectivity index (χ4v) is 2.12. The van der Waals surface area contributed by atoms with Crippen LogP contribution in [-0.2, 0) is 0 Å². The highest BCUT2D eigenvalue weighted by Gasteiger charge is 2.13. The highest BCUT2D eigenvalue weighted by Crippen LogP contribution is 2.23. The molecule has 2 nitrogen and oxygen atoms in total. The molecule has 0 aromatic heterocycles. The number of rotatable bonds is 2. The van der Waals surface area contributed by atoms with E-state index in [2.05, 4.69) is 15.9 Å². The Morgan fingerprint density at radius 2 is 1.94 bits per heavy atom. The summed E-state index contributed by atoms with van der Waals surface area (Å²) in [5.41, 5.74) is 7.31. The number of nitrogen functional groups attached to an aromatic ring is 1. The minimum absolute atomic E-state index is 0.105. The summed E-state index contributed by atoms with van der Waals surface area (Å²) >= 11 is 9.20. The average molecular weight is 311 g/mol. The second kappa shape index (κ2) is 4.90. The summed E-state index contributed by atoms with van der Waals surface area (Å²) in [7, 11) is 0. The normalized spacial score (nSPS) is 10.2. The highest BCUT2D eigenvalue weighted by atomic mass is 79.9. The molecule has 2 rings (SSSR count). The van der Waals surface area contributed by atoms with Crippen LogP contribution >= 0.6 is 27.5 Å². The monoisotopic (exact) mass is 309 g/mol. The van der Waals surface area contributed by atoms with Gasteiger partial charge in [0.05, 0.1) is 0 Å². The Morgan fingerprint density at radius 1 is 1.18 bits per heavy atom. The molecule has 0 aliphatic carbocycles. The molecule has 0 bridgehead atoms. The molecule has 2 aromatic carbocycles. The SMILES string of the molecule is Nc1ccc(Br)c(C(=O)c2cccc(Cl)c2)c1. The van der Waals surface area contributed by atoms with E-state index in [-0.39, 0.29) is 5.78 Å². The van der Waals surface area contributed by atoms with E-state index in [1.807, 2.05) is 0 Å². The van der Waals surface area contributed by atoms with Gasteiger partial charge in [0.15, 0.2) is 5.78 Å². The Morgan fingerprint density at radius 3 is 2.65 bits per heavy atom. The smallest absolute Gasteiger partial charge is 0.194 e. The molecule has 0 fully saturated rings. The van der Waals surface area contributed by atoms with Gasteiger partial charge in [0.25, 0.3) is 0 Å². The number of carbonyl (C=O) groups is 1. The van der Waals surface area contributed by atoms with Gasteiger partial charge in [-0.15, -0.1) is 0 Å². The molecule has 0 amide bonds. The molecule has 0 radical (unpaired) electrons. The van der Waals surface area contributed by atoms with E-state index in [1.54, 1.807) is 42.5 Å². The van der Waals surface area contributed by atoms with Gasteiger partial charge in [0, 0.05) is 26.3 Å². The Bertz CT molecular complexity index is 583. The zero-order valence-corrected chi connectivity index (χ0v) is 11.1. The molecule has 0 aliphatic heterocycles. The minimum Gasteiger partial charge on any atom is -0.399 e. The van der Waals surface area contributed by atoms with Gasteiger partial charge < -0.3 is 5.73 Å². The van der Waals surface area contributed by atoms with E-state index in [9.17, 15) is 4.79 Å². The molecule has 0 aliphatic rings. The van der Waals surface area contributed by atoms with Crippen molar-refractivity contribution >= 4 is 39.0 Å². The van der Waals surface area contributed by atoms with Crippen LogP contribution in [0.1, 0.15) is 15.9 Å². The van der Waals surface area contributed by atoms with Crippen molar-refractivity contribution < 1.29 is 4.79 Å². The molecule has 4 heteroatoms. The number of carbonyl (C=O) groups excluding carboxylic acids is 1. The van der Waals surface area contributed by atoms with Gasteiger partial charge in [-0.2, -0.15) is 0 Å². The Hall–Kier alpha value is -1.32. The quantitative estimate of drug-likeness (QED) is 0.675. The topological polar surface area (TPSA) is 43.1 Å². The van der Waals surface area contributed by atoms with Crippen LogP contribution in [0.2, 0.25) is 5.02 Å². The lowest BCUT2D eigenvalue weighted by Gasteiger charge is -2.05. The summed E-state index contributed by atoms with van der Waals surface area (Å²) in [6.45, 7) is 0. The predicted octanol–water partition coefficient (Wildman–Crippen LogP) is 3.92. The van der Waals surface area contributed by atoms with E-state index in [0.29, 0.717) is 21.8 Å². The number of halogens is 2. The van der Waals surface area contributed by atoms with Crippen LogP contribution in [-0.4, -0.2) is 5.78 Å². The number of benzene rings is 2. The van der Waals surface area contributed by atoms with Crippen LogP contribution in [0.4, 0.5) is 5.69 Å². The maximum Gasteiger partial charge on any atom is 0.194 e. The van der Waals surface area contributed by atoms with Gasteiger partial charge in [0.1, 0.15) is 0 Å². The van der Waals surface area contributed by atoms with Crippen LogP contribution in [0.25, 0.3) is 0 Å². The molecule has 2 N–H and O–H groups in total. The van der Waals surface area contributed by atoms with E-state index in [1.165, 1.54) is 0 Å². The Kier molecular flexibility index (Phi) is 3.50. The first-order chi connectivity index (χ1) is 8.08. The lowest BCUT2D eigenvalue weighted by atomic mass is 10.0. The van der Waals surface area contributed by atoms with Gasteiger partial charge in [-0.1, -0.05) is 39.7 Å². The van der Waals surface area contributed by atoms with Gasteiger partial charge in [-0.05, 0) is 30.3 Å². The van der Waals surface area contributed by atoms with Crippen molar-refractivity contribution in [3.8, 4) is 0 Å². The Labute approximate surface area is 113 Å². The van der Waals surface area contributed by atoms with Crippen molar-refractivity contribution in [2.75, 3.05) is 5.73 Å². The fraction of sp³-hybridized carbons (Fsp3) is 0. The van der Waals surface area contributed by atoms with Crippen molar-refractivity contribution in [2.24, 2.45) is 0 Å². The summed E-state index contributed by atoms with van der Waals surface area (Å²) in [4.78, 5) is 12.2. The molecule has 0 saturated heterocycles. The summed E-state index contributed by atoms with van der Waals surface area (Å²) in [6.07, 6.45) is 0. The molecule has 0 atom stereocenters. The number of anilines is 1. The third kappa shape index (κ3) is 2.68. The first-order valence-corrected chi connectivity index (χ1v) is 6.10. The van der Waals surface area contributed by atoms with Crippen molar-refractivity contribution in [3.05, 3.63) is 63.1 Å². The summed E-state index contributed by atoms with van der Waals surface area (Å²) in [5, 5.41) is 0.538. The molecular weight excluding hydrogens is 302 g/mol. The van der Waals surface area contributed by atoms with Gasteiger partial charge >= 0.3 is 0 Å². The van der Waals surface area contributed by atoms with Crippen molar-refractivity contribution in [1.82, 2.24) is 0 Å². The van der Waals surface area contributed by atoms with E-state index < -0.39 is 0 Å². The molecule has 86 valence electrons. The van der Waals surface area contributed by atoms with E-state index in [4.69, 9.17) is 17.3 Å². The molecule has 2 aromatic rings. The van der Waals surface area contributed by atoms with Gasteiger partial charge in [-0.25, -0.2) is 0 Å². The molecule has 0 spiro atoms. The number of nitrogens with two attached hydrogens (primary N) is 1. The van der Waals surface area contributed by atoms with Crippen molar-refractivity contribution in [2.45, 2.75) is 0 Å². The zero-order chi connectivity index (χ0) is 12.4. The van der Waals surface area contributed by atoms with Crippen LogP contribution in [0.3, 0.4) is 0 Å². The lowest BCUT2D eigenvalue weighted by Crippen LogP contribution is -2.03. The largest absolute Gasteiger partial charge is 0.399 e. The average Bonchev–Trinajstić information content (AvgIpc) is 2.31. The van der Waals surface area contributed by atoms with Crippen molar-refractivity contribution in [1.29, 1.82) is 0 Å². The predicted molar refractivity (Wildman–Crippen MR) is 73.4 cm³/mol. The maximum absolute atomic E-state index is 12.2. The summed E-state index contributed by atoms with van der Waals surface area (Å²) in [6, 6.07) is 12.0. The third-order valence-corrected chi connectivity index (χ3v) is 3.25. The second-order valence-electron chi connectivity index (χ2n) is 3.58. The lowest BCUT2D eigenvalue weighted by molar-refractivity contribution is 0.103. The number of hydrogen-bond acceptors (Lipinski definition) is 2. The standard InChI is InChI=1S/C13H9BrClNO/c14-12-5-4-10(16)7-11(12)13(17)8-2-1-3-9(15)6-8/h1-7H,16H2. The molecular formula is C13H9BrClNO. The van der Waals surface area contributed by atoms with Crippen LogP contribution < -0.4 is 5.73 Å².